The van der Waals surface area contributed by atoms with Crippen molar-refractivity contribution in [2.45, 2.75) is 25.7 Å². The van der Waals surface area contributed by atoms with Crippen LogP contribution in [0.3, 0.4) is 0 Å². The standard InChI is InChI=1S/C20H26N4O6S/c1-6-23(7-2)31(27,28)20-12-15(24(25)26)8-11-18(20)22-21-14(3)17-10-9-16(29-4)13-19(17)30-5/h8-13,22H,6-7H2,1-5H3/b21-14+. The van der Waals surface area contributed by atoms with Crippen molar-refractivity contribution in [3.63, 3.8) is 0 Å². The van der Waals surface area contributed by atoms with E-state index in [1.54, 1.807) is 46.1 Å². The quantitative estimate of drug-likeness (QED) is 0.334. The van der Waals surface area contributed by atoms with Crippen LogP contribution in [-0.4, -0.2) is 50.7 Å². The van der Waals surface area contributed by atoms with E-state index in [0.717, 1.165) is 6.07 Å². The third kappa shape index (κ3) is 5.30. The number of nitrogens with zero attached hydrogens (tertiary/aromatic N) is 3. The van der Waals surface area contributed by atoms with Crippen molar-refractivity contribution >= 4 is 27.1 Å². The van der Waals surface area contributed by atoms with Crippen LogP contribution in [0.1, 0.15) is 26.3 Å². The van der Waals surface area contributed by atoms with Gasteiger partial charge in [0.1, 0.15) is 16.4 Å². The summed E-state index contributed by atoms with van der Waals surface area (Å²) in [5, 5.41) is 15.5. The summed E-state index contributed by atoms with van der Waals surface area (Å²) in [6, 6.07) is 8.81. The molecule has 31 heavy (non-hydrogen) atoms. The van der Waals surface area contributed by atoms with E-state index >= 15 is 0 Å². The van der Waals surface area contributed by atoms with E-state index in [0.29, 0.717) is 22.8 Å². The first-order valence-electron chi connectivity index (χ1n) is 9.50. The van der Waals surface area contributed by atoms with Crippen LogP contribution in [0.5, 0.6) is 11.5 Å². The van der Waals surface area contributed by atoms with Crippen molar-refractivity contribution in [3.05, 3.63) is 52.1 Å². The van der Waals surface area contributed by atoms with E-state index in [-0.39, 0.29) is 29.4 Å². The fourth-order valence-corrected chi connectivity index (χ4v) is 4.55. The van der Waals surface area contributed by atoms with Gasteiger partial charge in [0.2, 0.25) is 10.0 Å². The first-order valence-corrected chi connectivity index (χ1v) is 10.9. The Kier molecular flexibility index (Phi) is 7.95. The van der Waals surface area contributed by atoms with E-state index < -0.39 is 14.9 Å². The molecule has 0 aromatic heterocycles. The second-order valence-corrected chi connectivity index (χ2v) is 8.31. The summed E-state index contributed by atoms with van der Waals surface area (Å²) in [7, 11) is -0.903. The van der Waals surface area contributed by atoms with Gasteiger partial charge in [0, 0.05) is 36.9 Å². The van der Waals surface area contributed by atoms with E-state index in [4.69, 9.17) is 9.47 Å². The molecule has 10 nitrogen and oxygen atoms in total. The topological polar surface area (TPSA) is 123 Å². The van der Waals surface area contributed by atoms with Crippen LogP contribution in [0.15, 0.2) is 46.4 Å². The molecule has 0 atom stereocenters. The van der Waals surface area contributed by atoms with Crippen LogP contribution in [0.4, 0.5) is 11.4 Å². The van der Waals surface area contributed by atoms with Crippen molar-refractivity contribution in [3.8, 4) is 11.5 Å². The number of ether oxygens (including phenoxy) is 2. The zero-order valence-electron chi connectivity index (χ0n) is 18.1. The lowest BCUT2D eigenvalue weighted by atomic mass is 10.1. The van der Waals surface area contributed by atoms with Crippen LogP contribution >= 0.6 is 0 Å². The number of nitro groups is 1. The number of hydrogen-bond acceptors (Lipinski definition) is 8. The van der Waals surface area contributed by atoms with Gasteiger partial charge in [0.25, 0.3) is 5.69 Å². The second kappa shape index (κ2) is 10.2. The Hall–Kier alpha value is -3.18. The number of sulfonamides is 1. The summed E-state index contributed by atoms with van der Waals surface area (Å²) in [5.74, 6) is 1.14. The molecule has 0 fully saturated rings. The summed E-state index contributed by atoms with van der Waals surface area (Å²) in [6.45, 7) is 5.58. The van der Waals surface area contributed by atoms with E-state index in [9.17, 15) is 18.5 Å². The minimum Gasteiger partial charge on any atom is -0.497 e. The van der Waals surface area contributed by atoms with Gasteiger partial charge in [-0.15, -0.1) is 0 Å². The fourth-order valence-electron chi connectivity index (χ4n) is 2.93. The lowest BCUT2D eigenvalue weighted by molar-refractivity contribution is -0.385. The fraction of sp³-hybridized carbons (Fsp3) is 0.350. The molecule has 0 aliphatic rings. The lowest BCUT2D eigenvalue weighted by Crippen LogP contribution is -2.31. The molecule has 0 spiro atoms. The molecule has 0 aliphatic carbocycles. The molecule has 2 aromatic rings. The highest BCUT2D eigenvalue weighted by molar-refractivity contribution is 7.89. The number of rotatable bonds is 10. The lowest BCUT2D eigenvalue weighted by Gasteiger charge is -2.20. The Bertz CT molecular complexity index is 1080. The molecule has 11 heteroatoms. The molecule has 2 rings (SSSR count). The van der Waals surface area contributed by atoms with Gasteiger partial charge in [-0.25, -0.2) is 8.42 Å². The van der Waals surface area contributed by atoms with Crippen LogP contribution in [-0.2, 0) is 10.0 Å². The number of hydrogen-bond donors (Lipinski definition) is 1. The largest absolute Gasteiger partial charge is 0.497 e. The smallest absolute Gasteiger partial charge is 0.270 e. The second-order valence-electron chi connectivity index (χ2n) is 6.40. The molecule has 168 valence electrons. The number of hydrazone groups is 1. The van der Waals surface area contributed by atoms with Crippen molar-refractivity contribution in [2.75, 3.05) is 32.7 Å². The van der Waals surface area contributed by atoms with E-state index in [1.807, 2.05) is 0 Å². The SMILES string of the molecule is CCN(CC)S(=O)(=O)c1cc([N+](=O)[O-])ccc1N/N=C(\C)c1ccc(OC)cc1OC. The Balaban J connectivity index is 2.51. The monoisotopic (exact) mass is 450 g/mol. The van der Waals surface area contributed by atoms with Gasteiger partial charge in [-0.05, 0) is 25.1 Å². The Morgan fingerprint density at radius 1 is 1.13 bits per heavy atom. The molecule has 1 N–H and O–H groups in total. The van der Waals surface area contributed by atoms with Crippen LogP contribution in [0, 0.1) is 10.1 Å². The number of anilines is 1. The highest BCUT2D eigenvalue weighted by atomic mass is 32.2. The van der Waals surface area contributed by atoms with E-state index in [2.05, 4.69) is 10.5 Å². The maximum Gasteiger partial charge on any atom is 0.270 e. The average molecular weight is 451 g/mol. The minimum absolute atomic E-state index is 0.129. The third-order valence-corrected chi connectivity index (χ3v) is 6.73. The van der Waals surface area contributed by atoms with Crippen LogP contribution in [0.2, 0.25) is 0 Å². The molecular weight excluding hydrogens is 424 g/mol. The van der Waals surface area contributed by atoms with Gasteiger partial charge in [-0.2, -0.15) is 9.41 Å². The molecule has 0 unspecified atom stereocenters. The van der Waals surface area contributed by atoms with Crippen molar-refractivity contribution in [1.82, 2.24) is 4.31 Å². The number of nitro benzene ring substituents is 1. The highest BCUT2D eigenvalue weighted by Crippen LogP contribution is 2.30. The van der Waals surface area contributed by atoms with E-state index in [1.165, 1.54) is 23.5 Å². The van der Waals surface area contributed by atoms with Crippen molar-refractivity contribution < 1.29 is 22.8 Å². The summed E-state index contributed by atoms with van der Waals surface area (Å²) in [4.78, 5) is 10.3. The Morgan fingerprint density at radius 2 is 1.81 bits per heavy atom. The average Bonchev–Trinajstić information content (AvgIpc) is 2.77. The molecule has 0 saturated heterocycles. The molecule has 0 saturated carbocycles. The van der Waals surface area contributed by atoms with Crippen molar-refractivity contribution in [2.24, 2.45) is 5.10 Å². The molecule has 0 radical (unpaired) electrons. The molecule has 0 amide bonds. The number of methoxy groups -OCH3 is 2. The summed E-state index contributed by atoms with van der Waals surface area (Å²) in [6.07, 6.45) is 0. The Morgan fingerprint density at radius 3 is 2.35 bits per heavy atom. The van der Waals surface area contributed by atoms with Gasteiger partial charge < -0.3 is 9.47 Å². The zero-order chi connectivity index (χ0) is 23.2. The predicted octanol–water partition coefficient (Wildman–Crippen LogP) is 3.48. The first-order chi connectivity index (χ1) is 14.7. The number of benzene rings is 2. The van der Waals surface area contributed by atoms with Crippen molar-refractivity contribution in [1.29, 1.82) is 0 Å². The molecule has 0 heterocycles. The third-order valence-electron chi connectivity index (χ3n) is 4.64. The van der Waals surface area contributed by atoms with Crippen LogP contribution in [0.25, 0.3) is 0 Å². The summed E-state index contributed by atoms with van der Waals surface area (Å²) in [5.41, 5.74) is 3.73. The molecular formula is C20H26N4O6S. The first kappa shape index (κ1) is 24.1. The van der Waals surface area contributed by atoms with Gasteiger partial charge >= 0.3 is 0 Å². The van der Waals surface area contributed by atoms with Gasteiger partial charge in [-0.1, -0.05) is 13.8 Å². The van der Waals surface area contributed by atoms with Crippen LogP contribution < -0.4 is 14.9 Å². The maximum absolute atomic E-state index is 13.1. The number of non-ortho nitro benzene ring substituents is 1. The summed E-state index contributed by atoms with van der Waals surface area (Å²) < 4.78 is 37.9. The zero-order valence-corrected chi connectivity index (χ0v) is 18.9. The number of nitrogens with one attached hydrogen (secondary N) is 1. The van der Waals surface area contributed by atoms with Gasteiger partial charge in [0.15, 0.2) is 0 Å². The summed E-state index contributed by atoms with van der Waals surface area (Å²) >= 11 is 0. The predicted molar refractivity (Wildman–Crippen MR) is 119 cm³/mol. The normalized spacial score (nSPS) is 12.0. The van der Waals surface area contributed by atoms with Gasteiger partial charge in [0.05, 0.1) is 30.5 Å². The molecule has 0 bridgehead atoms. The molecule has 0 aliphatic heterocycles. The van der Waals surface area contributed by atoms with Gasteiger partial charge in [-0.3, -0.25) is 15.5 Å². The maximum atomic E-state index is 13.1. The minimum atomic E-state index is -3.97. The Labute approximate surface area is 181 Å². The highest BCUT2D eigenvalue weighted by Gasteiger charge is 2.27. The molecule has 2 aromatic carbocycles.